The quantitative estimate of drug-likeness (QED) is 0.889. The van der Waals surface area contributed by atoms with Crippen LogP contribution in [0.15, 0.2) is 18.2 Å². The Morgan fingerprint density at radius 3 is 2.80 bits per heavy atom. The Kier molecular flexibility index (Phi) is 5.17. The van der Waals surface area contributed by atoms with Gasteiger partial charge in [0.05, 0.1) is 6.10 Å². The van der Waals surface area contributed by atoms with Crippen molar-refractivity contribution in [1.29, 1.82) is 0 Å². The summed E-state index contributed by atoms with van der Waals surface area (Å²) in [5.41, 5.74) is 1.31. The Hall–Kier alpha value is -0.930. The summed E-state index contributed by atoms with van der Waals surface area (Å²) in [5, 5.41) is 10.2. The maximum absolute atomic E-state index is 13.5. The van der Waals surface area contributed by atoms with Crippen LogP contribution in [0.1, 0.15) is 50.3 Å². The van der Waals surface area contributed by atoms with Crippen molar-refractivity contribution in [3.63, 3.8) is 0 Å². The van der Waals surface area contributed by atoms with Crippen molar-refractivity contribution < 1.29 is 9.50 Å². The van der Waals surface area contributed by atoms with Crippen LogP contribution < -0.4 is 0 Å². The van der Waals surface area contributed by atoms with Crippen LogP contribution in [0, 0.1) is 18.7 Å². The van der Waals surface area contributed by atoms with Gasteiger partial charge in [-0.3, -0.25) is 0 Å². The topological polar surface area (TPSA) is 23.5 Å². The molecule has 0 aliphatic carbocycles. The second-order valence-corrected chi connectivity index (χ2v) is 6.30. The largest absolute Gasteiger partial charge is 0.388 e. The molecule has 1 aromatic rings. The highest BCUT2D eigenvalue weighted by atomic mass is 19.1. The second kappa shape index (κ2) is 6.68. The molecule has 1 N–H and O–H groups in total. The van der Waals surface area contributed by atoms with Gasteiger partial charge >= 0.3 is 0 Å². The molecule has 112 valence electrons. The fourth-order valence-electron chi connectivity index (χ4n) is 3.16. The minimum absolute atomic E-state index is 0.234. The molecular weight excluding hydrogens is 253 g/mol. The molecule has 20 heavy (non-hydrogen) atoms. The van der Waals surface area contributed by atoms with E-state index in [0.717, 1.165) is 13.1 Å². The van der Waals surface area contributed by atoms with Crippen molar-refractivity contribution >= 4 is 0 Å². The highest BCUT2D eigenvalue weighted by Gasteiger charge is 2.27. The third-order valence-electron chi connectivity index (χ3n) is 4.45. The Bertz CT molecular complexity index is 447. The molecule has 2 rings (SSSR count). The van der Waals surface area contributed by atoms with Crippen LogP contribution in [-0.2, 0) is 0 Å². The van der Waals surface area contributed by atoms with Crippen LogP contribution >= 0.6 is 0 Å². The van der Waals surface area contributed by atoms with E-state index in [-0.39, 0.29) is 5.82 Å². The molecule has 2 nitrogen and oxygen atoms in total. The normalized spacial score (nSPS) is 21.6. The number of hydrogen-bond donors (Lipinski definition) is 1. The van der Waals surface area contributed by atoms with Gasteiger partial charge in [-0.15, -0.1) is 0 Å². The Balaban J connectivity index is 1.91. The maximum Gasteiger partial charge on any atom is 0.126 e. The number of aliphatic hydroxyl groups excluding tert-OH is 1. The van der Waals surface area contributed by atoms with E-state index in [1.165, 1.54) is 18.9 Å². The fourth-order valence-corrected chi connectivity index (χ4v) is 3.16. The molecule has 1 aliphatic heterocycles. The first-order valence-electron chi connectivity index (χ1n) is 7.67. The van der Waals surface area contributed by atoms with Gasteiger partial charge < -0.3 is 10.0 Å². The Labute approximate surface area is 121 Å². The Morgan fingerprint density at radius 2 is 2.15 bits per heavy atom. The first-order chi connectivity index (χ1) is 9.49. The van der Waals surface area contributed by atoms with Gasteiger partial charge in [0.1, 0.15) is 5.82 Å². The SMILES string of the molecule is Cc1ccc(C(O)CCN2CCCC2C(C)C)cc1F. The zero-order valence-corrected chi connectivity index (χ0v) is 12.8. The summed E-state index contributed by atoms with van der Waals surface area (Å²) in [6.07, 6.45) is 2.61. The summed E-state index contributed by atoms with van der Waals surface area (Å²) in [6, 6.07) is 5.66. The van der Waals surface area contributed by atoms with Gasteiger partial charge in [-0.2, -0.15) is 0 Å². The molecule has 2 unspecified atom stereocenters. The third kappa shape index (κ3) is 3.58. The molecule has 1 aliphatic rings. The lowest BCUT2D eigenvalue weighted by atomic mass is 10.0. The van der Waals surface area contributed by atoms with Crippen LogP contribution in [0.5, 0.6) is 0 Å². The third-order valence-corrected chi connectivity index (χ3v) is 4.45. The first kappa shape index (κ1) is 15.5. The van der Waals surface area contributed by atoms with E-state index in [9.17, 15) is 9.50 Å². The summed E-state index contributed by atoms with van der Waals surface area (Å²) < 4.78 is 13.5. The van der Waals surface area contributed by atoms with Crippen LogP contribution in [0.25, 0.3) is 0 Å². The molecule has 1 heterocycles. The second-order valence-electron chi connectivity index (χ2n) is 6.30. The summed E-state index contributed by atoms with van der Waals surface area (Å²) in [4.78, 5) is 2.47. The summed E-state index contributed by atoms with van der Waals surface area (Å²) in [7, 11) is 0. The molecule has 2 atom stereocenters. The van der Waals surface area contributed by atoms with Crippen LogP contribution in [0.3, 0.4) is 0 Å². The zero-order chi connectivity index (χ0) is 14.7. The molecule has 1 fully saturated rings. The molecule has 1 saturated heterocycles. The van der Waals surface area contributed by atoms with E-state index in [1.54, 1.807) is 13.0 Å². The van der Waals surface area contributed by atoms with E-state index in [2.05, 4.69) is 18.7 Å². The number of benzene rings is 1. The van der Waals surface area contributed by atoms with Gasteiger partial charge in [0.15, 0.2) is 0 Å². The smallest absolute Gasteiger partial charge is 0.126 e. The number of likely N-dealkylation sites (tertiary alicyclic amines) is 1. The molecule has 0 amide bonds. The van der Waals surface area contributed by atoms with Crippen molar-refractivity contribution in [2.24, 2.45) is 5.92 Å². The molecule has 0 spiro atoms. The molecule has 1 aromatic carbocycles. The van der Waals surface area contributed by atoms with Crippen LogP contribution in [0.4, 0.5) is 4.39 Å². The van der Waals surface area contributed by atoms with Gasteiger partial charge in [0.25, 0.3) is 0 Å². The summed E-state index contributed by atoms with van der Waals surface area (Å²) in [5.74, 6) is 0.425. The number of nitrogens with zero attached hydrogens (tertiary/aromatic N) is 1. The minimum Gasteiger partial charge on any atom is -0.388 e. The van der Waals surface area contributed by atoms with Crippen molar-refractivity contribution in [1.82, 2.24) is 4.90 Å². The van der Waals surface area contributed by atoms with Crippen molar-refractivity contribution in [2.75, 3.05) is 13.1 Å². The van der Waals surface area contributed by atoms with Crippen LogP contribution in [0.2, 0.25) is 0 Å². The van der Waals surface area contributed by atoms with Gasteiger partial charge in [0, 0.05) is 12.6 Å². The number of halogens is 1. The van der Waals surface area contributed by atoms with Gasteiger partial charge in [0.2, 0.25) is 0 Å². The molecule has 3 heteroatoms. The molecular formula is C17H26FNO. The summed E-state index contributed by atoms with van der Waals surface area (Å²) >= 11 is 0. The van der Waals surface area contributed by atoms with Crippen LogP contribution in [-0.4, -0.2) is 29.1 Å². The number of rotatable bonds is 5. The van der Waals surface area contributed by atoms with E-state index in [0.29, 0.717) is 29.5 Å². The maximum atomic E-state index is 13.5. The van der Waals surface area contributed by atoms with E-state index < -0.39 is 6.10 Å². The molecule has 0 saturated carbocycles. The zero-order valence-electron chi connectivity index (χ0n) is 12.8. The Morgan fingerprint density at radius 1 is 1.40 bits per heavy atom. The fraction of sp³-hybridized carbons (Fsp3) is 0.647. The predicted molar refractivity (Wildman–Crippen MR) is 80.1 cm³/mol. The van der Waals surface area contributed by atoms with Crippen molar-refractivity contribution in [2.45, 2.75) is 52.2 Å². The lowest BCUT2D eigenvalue weighted by Gasteiger charge is -2.28. The monoisotopic (exact) mass is 279 g/mol. The standard InChI is InChI=1S/C17H26FNO/c1-12(2)16-5-4-9-19(16)10-8-17(20)14-7-6-13(3)15(18)11-14/h6-7,11-12,16-17,20H,4-5,8-10H2,1-3H3. The first-order valence-corrected chi connectivity index (χ1v) is 7.67. The lowest BCUT2D eigenvalue weighted by molar-refractivity contribution is 0.128. The van der Waals surface area contributed by atoms with Gasteiger partial charge in [-0.1, -0.05) is 26.0 Å². The number of aliphatic hydroxyl groups is 1. The molecule has 0 bridgehead atoms. The summed E-state index contributed by atoms with van der Waals surface area (Å²) in [6.45, 7) is 8.27. The van der Waals surface area contributed by atoms with E-state index in [4.69, 9.17) is 0 Å². The highest BCUT2D eigenvalue weighted by molar-refractivity contribution is 5.24. The molecule has 0 radical (unpaired) electrons. The average molecular weight is 279 g/mol. The van der Waals surface area contributed by atoms with Crippen molar-refractivity contribution in [3.05, 3.63) is 35.1 Å². The highest BCUT2D eigenvalue weighted by Crippen LogP contribution is 2.26. The number of hydrogen-bond acceptors (Lipinski definition) is 2. The van der Waals surface area contributed by atoms with E-state index >= 15 is 0 Å². The minimum atomic E-state index is -0.571. The molecule has 0 aromatic heterocycles. The average Bonchev–Trinajstić information content (AvgIpc) is 2.87. The van der Waals surface area contributed by atoms with Gasteiger partial charge in [-0.05, 0) is 55.8 Å². The number of aryl methyl sites for hydroxylation is 1. The predicted octanol–water partition coefficient (Wildman–Crippen LogP) is 3.68. The lowest BCUT2D eigenvalue weighted by Crippen LogP contribution is -2.34. The van der Waals surface area contributed by atoms with Gasteiger partial charge in [-0.25, -0.2) is 4.39 Å². The van der Waals surface area contributed by atoms with Crippen molar-refractivity contribution in [3.8, 4) is 0 Å². The van der Waals surface area contributed by atoms with E-state index in [1.807, 2.05) is 6.07 Å².